The maximum atomic E-state index is 12.1. The van der Waals surface area contributed by atoms with Gasteiger partial charge in [-0.05, 0) is 18.2 Å². The largest absolute Gasteiger partial charge is 0.496 e. The van der Waals surface area contributed by atoms with E-state index in [-0.39, 0.29) is 12.0 Å². The Kier molecular flexibility index (Phi) is 4.95. The van der Waals surface area contributed by atoms with Crippen molar-refractivity contribution in [3.05, 3.63) is 54.0 Å². The molecule has 2 saturated heterocycles. The number of furan rings is 1. The van der Waals surface area contributed by atoms with Crippen LogP contribution in [0.15, 0.2) is 47.1 Å². The molecule has 0 aliphatic carbocycles. The lowest BCUT2D eigenvalue weighted by Crippen LogP contribution is -2.34. The van der Waals surface area contributed by atoms with E-state index in [0.717, 1.165) is 25.4 Å². The van der Waals surface area contributed by atoms with Crippen LogP contribution in [0.1, 0.15) is 16.1 Å². The van der Waals surface area contributed by atoms with Crippen LogP contribution in [0, 0.1) is 11.8 Å². The summed E-state index contributed by atoms with van der Waals surface area (Å²) in [6, 6.07) is 11.5. The molecule has 1 aromatic heterocycles. The molecule has 138 valence electrons. The first kappa shape index (κ1) is 17.1. The molecule has 3 heterocycles. The summed E-state index contributed by atoms with van der Waals surface area (Å²) in [6.07, 6.45) is 1.76. The molecule has 2 aromatic rings. The van der Waals surface area contributed by atoms with E-state index < -0.39 is 0 Å². The summed E-state index contributed by atoms with van der Waals surface area (Å²) in [5.41, 5.74) is 1.19. The van der Waals surface area contributed by atoms with Gasteiger partial charge in [-0.25, -0.2) is 0 Å². The van der Waals surface area contributed by atoms with Gasteiger partial charge in [0, 0.05) is 43.6 Å². The lowest BCUT2D eigenvalue weighted by molar-refractivity contribution is 0.0886. The monoisotopic (exact) mass is 356 g/mol. The van der Waals surface area contributed by atoms with Crippen molar-refractivity contribution in [3.63, 3.8) is 0 Å². The molecule has 6 nitrogen and oxygen atoms in total. The minimum atomic E-state index is -0.165. The van der Waals surface area contributed by atoms with Crippen molar-refractivity contribution in [2.75, 3.05) is 33.4 Å². The molecular formula is C20H24N2O4. The molecule has 1 aromatic carbocycles. The van der Waals surface area contributed by atoms with E-state index >= 15 is 0 Å². The van der Waals surface area contributed by atoms with Gasteiger partial charge >= 0.3 is 0 Å². The zero-order chi connectivity index (χ0) is 17.9. The minimum absolute atomic E-state index is 0.165. The second-order valence-electron chi connectivity index (χ2n) is 6.99. The van der Waals surface area contributed by atoms with Crippen molar-refractivity contribution in [1.29, 1.82) is 0 Å². The molecule has 1 amide bonds. The number of benzene rings is 1. The second-order valence-corrected chi connectivity index (χ2v) is 6.99. The van der Waals surface area contributed by atoms with E-state index in [1.165, 1.54) is 11.8 Å². The fourth-order valence-corrected chi connectivity index (χ4v) is 4.01. The lowest BCUT2D eigenvalue weighted by atomic mass is 9.93. The van der Waals surface area contributed by atoms with Crippen LogP contribution in [-0.2, 0) is 11.3 Å². The van der Waals surface area contributed by atoms with Crippen molar-refractivity contribution in [2.24, 2.45) is 11.8 Å². The number of hydrogen-bond acceptors (Lipinski definition) is 5. The summed E-state index contributed by atoms with van der Waals surface area (Å²) in [5.74, 6) is 1.89. The Bertz CT molecular complexity index is 746. The predicted octanol–water partition coefficient (Wildman–Crippen LogP) is 2.17. The number of para-hydroxylation sites is 1. The molecule has 0 spiro atoms. The van der Waals surface area contributed by atoms with Crippen molar-refractivity contribution in [2.45, 2.75) is 12.6 Å². The number of carbonyl (C=O) groups excluding carboxylic acids is 1. The highest BCUT2D eigenvalue weighted by Crippen LogP contribution is 2.34. The molecule has 6 heteroatoms. The number of carbonyl (C=O) groups is 1. The summed E-state index contributed by atoms with van der Waals surface area (Å²) in [5, 5.41) is 2.97. The van der Waals surface area contributed by atoms with Gasteiger partial charge in [0.25, 0.3) is 5.91 Å². The fourth-order valence-electron chi connectivity index (χ4n) is 4.01. The highest BCUT2D eigenvalue weighted by molar-refractivity contribution is 5.91. The van der Waals surface area contributed by atoms with Crippen molar-refractivity contribution < 1.29 is 18.7 Å². The number of nitrogens with one attached hydrogen (secondary N) is 1. The van der Waals surface area contributed by atoms with Crippen LogP contribution in [0.4, 0.5) is 0 Å². The first-order chi connectivity index (χ1) is 12.7. The van der Waals surface area contributed by atoms with Crippen LogP contribution in [0.2, 0.25) is 0 Å². The zero-order valence-corrected chi connectivity index (χ0v) is 14.9. The third kappa shape index (κ3) is 3.48. The Morgan fingerprint density at radius 2 is 2.15 bits per heavy atom. The van der Waals surface area contributed by atoms with Gasteiger partial charge in [-0.3, -0.25) is 9.69 Å². The minimum Gasteiger partial charge on any atom is -0.496 e. The Morgan fingerprint density at radius 1 is 1.27 bits per heavy atom. The van der Waals surface area contributed by atoms with Gasteiger partial charge in [-0.15, -0.1) is 0 Å². The van der Waals surface area contributed by atoms with Gasteiger partial charge in [-0.1, -0.05) is 18.2 Å². The smallest absolute Gasteiger partial charge is 0.286 e. The predicted molar refractivity (Wildman–Crippen MR) is 96.0 cm³/mol. The van der Waals surface area contributed by atoms with Crippen LogP contribution in [0.25, 0.3) is 0 Å². The summed E-state index contributed by atoms with van der Waals surface area (Å²) in [7, 11) is 1.71. The van der Waals surface area contributed by atoms with Crippen molar-refractivity contribution in [3.8, 4) is 5.75 Å². The van der Waals surface area contributed by atoms with Gasteiger partial charge < -0.3 is 19.2 Å². The molecule has 26 heavy (non-hydrogen) atoms. The number of methoxy groups -OCH3 is 1. The third-order valence-electron chi connectivity index (χ3n) is 5.37. The number of ether oxygens (including phenoxy) is 2. The van der Waals surface area contributed by atoms with Crippen LogP contribution < -0.4 is 10.1 Å². The van der Waals surface area contributed by atoms with Crippen LogP contribution in [-0.4, -0.2) is 50.3 Å². The topological polar surface area (TPSA) is 63.9 Å². The van der Waals surface area contributed by atoms with E-state index in [9.17, 15) is 4.79 Å². The molecule has 2 fully saturated rings. The highest BCUT2D eigenvalue weighted by Gasteiger charge is 2.43. The summed E-state index contributed by atoms with van der Waals surface area (Å²) in [6.45, 7) is 4.07. The van der Waals surface area contributed by atoms with Crippen molar-refractivity contribution >= 4 is 5.91 Å². The summed E-state index contributed by atoms with van der Waals surface area (Å²) >= 11 is 0. The number of hydrogen-bond donors (Lipinski definition) is 1. The molecule has 0 unspecified atom stereocenters. The Balaban J connectivity index is 1.33. The van der Waals surface area contributed by atoms with E-state index in [1.54, 1.807) is 19.2 Å². The van der Waals surface area contributed by atoms with Gasteiger partial charge in [-0.2, -0.15) is 0 Å². The van der Waals surface area contributed by atoms with E-state index in [1.807, 2.05) is 18.2 Å². The van der Waals surface area contributed by atoms with Gasteiger partial charge in [0.2, 0.25) is 0 Å². The maximum absolute atomic E-state index is 12.1. The normalized spacial score (nSPS) is 25.2. The Labute approximate surface area is 153 Å². The average Bonchev–Trinajstić information content (AvgIpc) is 3.38. The Hall–Kier alpha value is -2.31. The maximum Gasteiger partial charge on any atom is 0.286 e. The molecule has 2 aliphatic heterocycles. The number of nitrogens with zero attached hydrogens (tertiary/aromatic N) is 1. The Morgan fingerprint density at radius 3 is 2.96 bits per heavy atom. The van der Waals surface area contributed by atoms with Crippen LogP contribution >= 0.6 is 0 Å². The summed E-state index contributed by atoms with van der Waals surface area (Å²) in [4.78, 5) is 14.5. The zero-order valence-electron chi connectivity index (χ0n) is 14.9. The first-order valence-corrected chi connectivity index (χ1v) is 9.02. The van der Waals surface area contributed by atoms with Crippen LogP contribution in [0.3, 0.4) is 0 Å². The SMILES string of the molecule is COc1ccccc1CN1C[C@H]2[C@H](CNC(=O)c3ccco3)CO[C@H]2C1. The van der Waals surface area contributed by atoms with E-state index in [2.05, 4.69) is 16.3 Å². The average molecular weight is 356 g/mol. The van der Waals surface area contributed by atoms with Gasteiger partial charge in [0.15, 0.2) is 5.76 Å². The number of rotatable bonds is 6. The molecular weight excluding hydrogens is 332 g/mol. The lowest BCUT2D eigenvalue weighted by Gasteiger charge is -2.20. The van der Waals surface area contributed by atoms with Gasteiger partial charge in [0.05, 0.1) is 26.1 Å². The third-order valence-corrected chi connectivity index (χ3v) is 5.37. The van der Waals surface area contributed by atoms with Crippen LogP contribution in [0.5, 0.6) is 5.75 Å². The highest BCUT2D eigenvalue weighted by atomic mass is 16.5. The molecule has 4 rings (SSSR count). The molecule has 0 saturated carbocycles. The number of fused-ring (bicyclic) bond motifs is 1. The fraction of sp³-hybridized carbons (Fsp3) is 0.450. The molecule has 0 bridgehead atoms. The number of likely N-dealkylation sites (tertiary alicyclic amines) is 1. The molecule has 3 atom stereocenters. The second kappa shape index (κ2) is 7.51. The quantitative estimate of drug-likeness (QED) is 0.859. The van der Waals surface area contributed by atoms with Crippen molar-refractivity contribution in [1.82, 2.24) is 10.2 Å². The van der Waals surface area contributed by atoms with Gasteiger partial charge in [0.1, 0.15) is 5.75 Å². The number of amides is 1. The standard InChI is InChI=1S/C20H24N2O4/c1-24-17-6-3-2-5-14(17)10-22-11-16-15(13-26-19(16)12-22)9-21-20(23)18-7-4-8-25-18/h2-8,15-16,19H,9-13H2,1H3,(H,21,23)/t15-,16+,19+/m1/s1. The van der Waals surface area contributed by atoms with E-state index in [0.29, 0.717) is 30.7 Å². The molecule has 0 radical (unpaired) electrons. The molecule has 2 aliphatic rings. The molecule has 1 N–H and O–H groups in total. The summed E-state index contributed by atoms with van der Waals surface area (Å²) < 4.78 is 16.6. The first-order valence-electron chi connectivity index (χ1n) is 9.02. The van der Waals surface area contributed by atoms with E-state index in [4.69, 9.17) is 13.9 Å².